The van der Waals surface area contributed by atoms with Gasteiger partial charge >= 0.3 is 0 Å². The number of amides is 1. The Bertz CT molecular complexity index is 608. The number of carbonyl (C=O) groups excluding carboxylic acids is 1. The summed E-state index contributed by atoms with van der Waals surface area (Å²) in [6.07, 6.45) is 1.22. The summed E-state index contributed by atoms with van der Waals surface area (Å²) in [6.45, 7) is 1.66. The fourth-order valence-corrected chi connectivity index (χ4v) is 1.44. The van der Waals surface area contributed by atoms with E-state index in [0.717, 1.165) is 6.07 Å². The van der Waals surface area contributed by atoms with E-state index < -0.39 is 17.5 Å². The van der Waals surface area contributed by atoms with E-state index in [1.807, 2.05) is 0 Å². The lowest BCUT2D eigenvalue weighted by Gasteiger charge is -2.08. The smallest absolute Gasteiger partial charge is 0.259 e. The van der Waals surface area contributed by atoms with Gasteiger partial charge in [-0.05, 0) is 25.1 Å². The zero-order chi connectivity index (χ0) is 13.3. The number of nitrogens with two attached hydrogens (primary N) is 1. The Labute approximate surface area is 101 Å². The minimum absolute atomic E-state index is 0.0533. The van der Waals surface area contributed by atoms with Gasteiger partial charge in [0.05, 0.1) is 11.3 Å². The van der Waals surface area contributed by atoms with Crippen LogP contribution >= 0.6 is 0 Å². The number of halogens is 2. The third-order valence-corrected chi connectivity index (χ3v) is 2.36. The molecular weight excluding hydrogens is 242 g/mol. The lowest BCUT2D eigenvalue weighted by Crippen LogP contribution is -2.14. The standard InChI is InChI=1S/C12H10F2N2O2/c1-6-4-7(5-18-6)12(17)16-11-9(15)3-2-8(13)10(11)14/h2-5H,15H2,1H3,(H,16,17). The molecule has 0 unspecified atom stereocenters. The zero-order valence-electron chi connectivity index (χ0n) is 9.46. The Kier molecular flexibility index (Phi) is 3.01. The first kappa shape index (κ1) is 12.1. The second kappa shape index (κ2) is 4.48. The number of carbonyl (C=O) groups is 1. The van der Waals surface area contributed by atoms with Crippen LogP contribution in [0, 0.1) is 18.6 Å². The largest absolute Gasteiger partial charge is 0.469 e. The van der Waals surface area contributed by atoms with Gasteiger partial charge in [0.1, 0.15) is 17.7 Å². The van der Waals surface area contributed by atoms with Crippen LogP contribution in [-0.4, -0.2) is 5.91 Å². The van der Waals surface area contributed by atoms with Crippen molar-refractivity contribution in [3.8, 4) is 0 Å². The normalized spacial score (nSPS) is 10.4. The lowest BCUT2D eigenvalue weighted by atomic mass is 10.2. The molecule has 0 aliphatic rings. The number of nitrogens with one attached hydrogen (secondary N) is 1. The number of rotatable bonds is 2. The first-order chi connectivity index (χ1) is 8.49. The van der Waals surface area contributed by atoms with Gasteiger partial charge in [-0.1, -0.05) is 0 Å². The maximum atomic E-state index is 13.5. The van der Waals surface area contributed by atoms with Crippen molar-refractivity contribution in [2.45, 2.75) is 6.92 Å². The molecule has 0 spiro atoms. The van der Waals surface area contributed by atoms with E-state index in [1.54, 1.807) is 6.92 Å². The monoisotopic (exact) mass is 252 g/mol. The molecule has 2 aromatic rings. The molecule has 3 N–H and O–H groups in total. The molecular formula is C12H10F2N2O2. The van der Waals surface area contributed by atoms with E-state index in [2.05, 4.69) is 5.32 Å². The van der Waals surface area contributed by atoms with Crippen molar-refractivity contribution in [3.63, 3.8) is 0 Å². The molecule has 0 aliphatic carbocycles. The van der Waals surface area contributed by atoms with Crippen LogP contribution in [0.2, 0.25) is 0 Å². The van der Waals surface area contributed by atoms with Gasteiger partial charge in [-0.15, -0.1) is 0 Å². The summed E-state index contributed by atoms with van der Waals surface area (Å²) in [5.41, 5.74) is 5.25. The lowest BCUT2D eigenvalue weighted by molar-refractivity contribution is 0.102. The van der Waals surface area contributed by atoms with Gasteiger partial charge in [0.15, 0.2) is 11.6 Å². The third kappa shape index (κ3) is 2.17. The SMILES string of the molecule is Cc1cc(C(=O)Nc2c(N)ccc(F)c2F)co1. The summed E-state index contributed by atoms with van der Waals surface area (Å²) in [7, 11) is 0. The number of benzene rings is 1. The molecule has 0 aliphatic heterocycles. The quantitative estimate of drug-likeness (QED) is 0.807. The van der Waals surface area contributed by atoms with Crippen molar-refractivity contribution in [1.29, 1.82) is 0 Å². The fourth-order valence-electron chi connectivity index (χ4n) is 1.44. The first-order valence-corrected chi connectivity index (χ1v) is 5.09. The third-order valence-electron chi connectivity index (χ3n) is 2.36. The molecule has 0 atom stereocenters. The van der Waals surface area contributed by atoms with Crippen molar-refractivity contribution in [2.24, 2.45) is 0 Å². The molecule has 0 saturated heterocycles. The van der Waals surface area contributed by atoms with Gasteiger partial charge in [0, 0.05) is 0 Å². The maximum absolute atomic E-state index is 13.5. The summed E-state index contributed by atoms with van der Waals surface area (Å²) in [6, 6.07) is 3.54. The van der Waals surface area contributed by atoms with Crippen LogP contribution in [0.4, 0.5) is 20.2 Å². The topological polar surface area (TPSA) is 68.3 Å². The minimum Gasteiger partial charge on any atom is -0.469 e. The Morgan fingerprint density at radius 3 is 2.72 bits per heavy atom. The molecule has 2 rings (SSSR count). The molecule has 1 aromatic heterocycles. The van der Waals surface area contributed by atoms with Crippen molar-refractivity contribution in [3.05, 3.63) is 47.4 Å². The van der Waals surface area contributed by atoms with Gasteiger partial charge in [-0.2, -0.15) is 0 Å². The molecule has 0 fully saturated rings. The van der Waals surface area contributed by atoms with Crippen LogP contribution in [0.15, 0.2) is 28.9 Å². The zero-order valence-corrected chi connectivity index (χ0v) is 9.46. The van der Waals surface area contributed by atoms with E-state index >= 15 is 0 Å². The van der Waals surface area contributed by atoms with E-state index in [9.17, 15) is 13.6 Å². The number of hydrogen-bond donors (Lipinski definition) is 2. The number of furan rings is 1. The van der Waals surface area contributed by atoms with Crippen molar-refractivity contribution in [1.82, 2.24) is 0 Å². The molecule has 4 nitrogen and oxygen atoms in total. The van der Waals surface area contributed by atoms with Crippen LogP contribution in [0.5, 0.6) is 0 Å². The fraction of sp³-hybridized carbons (Fsp3) is 0.0833. The highest BCUT2D eigenvalue weighted by atomic mass is 19.2. The molecule has 1 aromatic carbocycles. The summed E-state index contributed by atoms with van der Waals surface area (Å²) in [4.78, 5) is 11.7. The highest BCUT2D eigenvalue weighted by molar-refractivity contribution is 6.05. The van der Waals surface area contributed by atoms with Crippen LogP contribution in [0.1, 0.15) is 16.1 Å². The molecule has 1 amide bonds. The predicted molar refractivity (Wildman–Crippen MR) is 62.2 cm³/mol. The Balaban J connectivity index is 2.30. The number of hydrogen-bond acceptors (Lipinski definition) is 3. The van der Waals surface area contributed by atoms with Crippen molar-refractivity contribution >= 4 is 17.3 Å². The minimum atomic E-state index is -1.19. The van der Waals surface area contributed by atoms with E-state index in [0.29, 0.717) is 5.76 Å². The van der Waals surface area contributed by atoms with Gasteiger partial charge in [0.2, 0.25) is 0 Å². The second-order valence-electron chi connectivity index (χ2n) is 3.73. The van der Waals surface area contributed by atoms with Gasteiger partial charge in [0.25, 0.3) is 5.91 Å². The highest BCUT2D eigenvalue weighted by Gasteiger charge is 2.16. The summed E-state index contributed by atoms with van der Waals surface area (Å²) >= 11 is 0. The number of aryl methyl sites for hydroxylation is 1. The predicted octanol–water partition coefficient (Wildman–Crippen LogP) is 2.70. The van der Waals surface area contributed by atoms with Crippen LogP contribution in [-0.2, 0) is 0 Å². The van der Waals surface area contributed by atoms with Crippen LogP contribution in [0.25, 0.3) is 0 Å². The van der Waals surface area contributed by atoms with E-state index in [1.165, 1.54) is 18.4 Å². The summed E-state index contributed by atoms with van der Waals surface area (Å²) in [5, 5.41) is 2.21. The highest BCUT2D eigenvalue weighted by Crippen LogP contribution is 2.25. The van der Waals surface area contributed by atoms with E-state index in [4.69, 9.17) is 10.2 Å². The maximum Gasteiger partial charge on any atom is 0.259 e. The number of nitrogen functional groups attached to an aromatic ring is 1. The summed E-state index contributed by atoms with van der Waals surface area (Å²) < 4.78 is 31.4. The molecule has 18 heavy (non-hydrogen) atoms. The molecule has 94 valence electrons. The van der Waals surface area contributed by atoms with Crippen molar-refractivity contribution < 1.29 is 18.0 Å². The Morgan fingerprint density at radius 1 is 1.39 bits per heavy atom. The summed E-state index contributed by atoms with van der Waals surface area (Å²) in [5.74, 6) is -2.36. The first-order valence-electron chi connectivity index (χ1n) is 5.09. The van der Waals surface area contributed by atoms with E-state index in [-0.39, 0.29) is 16.9 Å². The van der Waals surface area contributed by atoms with Gasteiger partial charge in [-0.25, -0.2) is 8.78 Å². The molecule has 0 saturated carbocycles. The second-order valence-corrected chi connectivity index (χ2v) is 3.73. The Morgan fingerprint density at radius 2 is 2.11 bits per heavy atom. The molecule has 6 heteroatoms. The average molecular weight is 252 g/mol. The van der Waals surface area contributed by atoms with Crippen LogP contribution in [0.3, 0.4) is 0 Å². The Hall–Kier alpha value is -2.37. The molecule has 1 heterocycles. The average Bonchev–Trinajstić information content (AvgIpc) is 2.76. The van der Waals surface area contributed by atoms with Crippen molar-refractivity contribution in [2.75, 3.05) is 11.1 Å². The van der Waals surface area contributed by atoms with Gasteiger partial charge in [-0.3, -0.25) is 4.79 Å². The number of anilines is 2. The molecule has 0 radical (unpaired) electrons. The molecule has 0 bridgehead atoms. The van der Waals surface area contributed by atoms with Gasteiger partial charge < -0.3 is 15.5 Å². The van der Waals surface area contributed by atoms with Crippen LogP contribution < -0.4 is 11.1 Å².